The van der Waals surface area contributed by atoms with Gasteiger partial charge in [0.05, 0.1) is 30.2 Å². The van der Waals surface area contributed by atoms with Gasteiger partial charge in [0.2, 0.25) is 0 Å². The number of amidine groups is 1. The lowest BCUT2D eigenvalue weighted by molar-refractivity contribution is -0.136. The smallest absolute Gasteiger partial charge is 0.317 e. The van der Waals surface area contributed by atoms with Gasteiger partial charge in [0.25, 0.3) is 0 Å². The molecule has 7 N–H and O–H groups in total. The highest BCUT2D eigenvalue weighted by Gasteiger charge is 2.39. The van der Waals surface area contributed by atoms with Crippen LogP contribution in [0, 0.1) is 5.41 Å². The molecule has 10 nitrogen and oxygen atoms in total. The molecule has 0 fully saturated rings. The zero-order valence-corrected chi connectivity index (χ0v) is 22.1. The lowest BCUT2D eigenvalue weighted by Crippen LogP contribution is -2.54. The highest BCUT2D eigenvalue weighted by Crippen LogP contribution is 2.28. The molecule has 4 rings (SSSR count). The van der Waals surface area contributed by atoms with Crippen LogP contribution in [0.25, 0.3) is 11.0 Å². The lowest BCUT2D eigenvalue weighted by atomic mass is 9.84. The van der Waals surface area contributed by atoms with Gasteiger partial charge >= 0.3 is 5.97 Å². The fourth-order valence-corrected chi connectivity index (χ4v) is 4.21. The van der Waals surface area contributed by atoms with Crippen LogP contribution < -0.4 is 21.7 Å². The number of anilines is 1. The number of aliphatic carboxylic acids is 1. The van der Waals surface area contributed by atoms with Gasteiger partial charge in [-0.2, -0.15) is 0 Å². The van der Waals surface area contributed by atoms with E-state index in [0.29, 0.717) is 29.7 Å². The quantitative estimate of drug-likeness (QED) is 0.128. The van der Waals surface area contributed by atoms with Gasteiger partial charge in [-0.1, -0.05) is 18.2 Å². The number of ketones is 1. The number of aryl methyl sites for hydroxylation is 1. The number of nitrogens with two attached hydrogens (primary N) is 1. The summed E-state index contributed by atoms with van der Waals surface area (Å²) in [5.41, 5.74) is 8.07. The number of hydrogen-bond acceptors (Lipinski definition) is 7. The van der Waals surface area contributed by atoms with Crippen molar-refractivity contribution in [2.75, 3.05) is 18.4 Å². The van der Waals surface area contributed by atoms with E-state index in [2.05, 4.69) is 16.0 Å². The second-order valence-electron chi connectivity index (χ2n) is 8.69. The third-order valence-electron chi connectivity index (χ3n) is 6.35. The summed E-state index contributed by atoms with van der Waals surface area (Å²) in [7, 11) is 1.92. The standard InChI is InChI=1S/C25H29N7O3.2ClH/c1-25(30-14-22(33)34,23(35)18-4-3-11-28-18)16-7-10-20-19(12-16)31-21(32(20)2)13-29-17-8-5-15(6-9-17)24(26)27;;/h3-10,12,18,28-30H,11,13-14H2,1-2H3,(H3,26,27)(H,33,34);2*1H. The average Bonchev–Trinajstić information content (AvgIpc) is 3.49. The van der Waals surface area contributed by atoms with Crippen LogP contribution in [0.2, 0.25) is 0 Å². The predicted octanol–water partition coefficient (Wildman–Crippen LogP) is 2.30. The minimum atomic E-state index is -1.21. The van der Waals surface area contributed by atoms with Gasteiger partial charge in [-0.05, 0) is 48.9 Å². The number of Topliss-reactive ketones (excluding diaryl/α,β-unsaturated/α-hetero) is 1. The highest BCUT2D eigenvalue weighted by atomic mass is 35.5. The Hall–Kier alpha value is -3.44. The van der Waals surface area contributed by atoms with Gasteiger partial charge in [0.1, 0.15) is 17.2 Å². The molecule has 12 heteroatoms. The molecular weight excluding hydrogens is 517 g/mol. The van der Waals surface area contributed by atoms with Crippen LogP contribution in [0.4, 0.5) is 5.69 Å². The van der Waals surface area contributed by atoms with Crippen LogP contribution >= 0.6 is 24.8 Å². The summed E-state index contributed by atoms with van der Waals surface area (Å²) in [5.74, 6) is -0.383. The van der Waals surface area contributed by atoms with Crippen molar-refractivity contribution in [3.8, 4) is 0 Å². The number of nitrogen functional groups attached to an aromatic ring is 1. The third-order valence-corrected chi connectivity index (χ3v) is 6.35. The zero-order chi connectivity index (χ0) is 25.2. The zero-order valence-electron chi connectivity index (χ0n) is 20.4. The first-order valence-electron chi connectivity index (χ1n) is 11.2. The summed E-state index contributed by atoms with van der Waals surface area (Å²) in [6.45, 7) is 2.42. The van der Waals surface area contributed by atoms with Crippen LogP contribution in [0.3, 0.4) is 0 Å². The minimum absolute atomic E-state index is 0. The van der Waals surface area contributed by atoms with E-state index in [9.17, 15) is 14.7 Å². The van der Waals surface area contributed by atoms with Gasteiger partial charge in [-0.25, -0.2) is 4.98 Å². The van der Waals surface area contributed by atoms with Crippen LogP contribution in [-0.2, 0) is 28.7 Å². The number of aromatic nitrogens is 2. The molecule has 0 saturated heterocycles. The van der Waals surface area contributed by atoms with Gasteiger partial charge in [-0.3, -0.25) is 20.3 Å². The second kappa shape index (κ2) is 12.2. The summed E-state index contributed by atoms with van der Waals surface area (Å²) >= 11 is 0. The number of carboxylic acids is 1. The van der Waals surface area contributed by atoms with Gasteiger partial charge in [-0.15, -0.1) is 24.8 Å². The van der Waals surface area contributed by atoms with Crippen molar-refractivity contribution in [1.29, 1.82) is 5.41 Å². The molecule has 2 heterocycles. The summed E-state index contributed by atoms with van der Waals surface area (Å²) in [5, 5.41) is 26.1. The summed E-state index contributed by atoms with van der Waals surface area (Å²) < 4.78 is 1.97. The maximum Gasteiger partial charge on any atom is 0.317 e. The van der Waals surface area contributed by atoms with Crippen molar-refractivity contribution in [3.05, 3.63) is 71.6 Å². The summed E-state index contributed by atoms with van der Waals surface area (Å²) in [6.07, 6.45) is 3.68. The first-order valence-corrected chi connectivity index (χ1v) is 11.2. The van der Waals surface area contributed by atoms with E-state index < -0.39 is 17.6 Å². The van der Waals surface area contributed by atoms with E-state index in [0.717, 1.165) is 17.0 Å². The minimum Gasteiger partial charge on any atom is -0.480 e. The third kappa shape index (κ3) is 6.28. The number of nitrogens with one attached hydrogen (secondary N) is 4. The van der Waals surface area contributed by atoms with E-state index in [1.807, 2.05) is 48.0 Å². The molecule has 3 aromatic rings. The van der Waals surface area contributed by atoms with Crippen LogP contribution in [0.1, 0.15) is 23.9 Å². The Bertz CT molecular complexity index is 1320. The molecule has 2 atom stereocenters. The number of fused-ring (bicyclic) bond motifs is 1. The number of carbonyl (C=O) groups is 2. The molecule has 0 bridgehead atoms. The Balaban J connectivity index is 0.00000241. The second-order valence-corrected chi connectivity index (χ2v) is 8.69. The predicted molar refractivity (Wildman–Crippen MR) is 149 cm³/mol. The monoisotopic (exact) mass is 547 g/mol. The van der Waals surface area contributed by atoms with Crippen LogP contribution in [0.5, 0.6) is 0 Å². The van der Waals surface area contributed by atoms with Crippen molar-refractivity contribution in [1.82, 2.24) is 20.2 Å². The number of nitrogens with zero attached hydrogens (tertiary/aromatic N) is 2. The normalized spacial score (nSPS) is 15.9. The lowest BCUT2D eigenvalue weighted by Gasteiger charge is -2.31. The Morgan fingerprint density at radius 3 is 2.54 bits per heavy atom. The maximum atomic E-state index is 13.4. The Labute approximate surface area is 227 Å². The van der Waals surface area contributed by atoms with E-state index in [4.69, 9.17) is 16.1 Å². The number of imidazole rings is 1. The van der Waals surface area contributed by atoms with Crippen LogP contribution in [0.15, 0.2) is 54.6 Å². The molecule has 37 heavy (non-hydrogen) atoms. The largest absolute Gasteiger partial charge is 0.480 e. The van der Waals surface area contributed by atoms with Gasteiger partial charge < -0.3 is 26.0 Å². The molecule has 0 radical (unpaired) electrons. The number of rotatable bonds is 10. The van der Waals surface area contributed by atoms with E-state index >= 15 is 0 Å². The molecule has 198 valence electrons. The van der Waals surface area contributed by atoms with Crippen LogP contribution in [-0.4, -0.2) is 51.4 Å². The first-order chi connectivity index (χ1) is 16.7. The van der Waals surface area contributed by atoms with E-state index in [-0.39, 0.29) is 43.0 Å². The molecule has 1 aliphatic rings. The molecule has 1 aromatic heterocycles. The van der Waals surface area contributed by atoms with Crippen molar-refractivity contribution < 1.29 is 14.7 Å². The number of halogens is 2. The fourth-order valence-electron chi connectivity index (χ4n) is 4.21. The van der Waals surface area contributed by atoms with Crippen molar-refractivity contribution in [2.24, 2.45) is 12.8 Å². The summed E-state index contributed by atoms with van der Waals surface area (Å²) in [6, 6.07) is 12.4. The fraction of sp³-hybridized carbons (Fsp3) is 0.280. The Kier molecular flexibility index (Phi) is 9.82. The Morgan fingerprint density at radius 1 is 1.24 bits per heavy atom. The van der Waals surface area contributed by atoms with E-state index in [1.165, 1.54) is 0 Å². The van der Waals surface area contributed by atoms with Crippen molar-refractivity contribution >= 4 is 59.1 Å². The number of hydrogen-bond donors (Lipinski definition) is 6. The topological polar surface area (TPSA) is 158 Å². The molecule has 0 aliphatic carbocycles. The molecule has 0 saturated carbocycles. The first kappa shape index (κ1) is 29.8. The number of carboxylic acid groups (broad SMARTS) is 1. The number of carbonyl (C=O) groups excluding carboxylic acids is 1. The molecular formula is C25H31Cl2N7O3. The molecule has 2 unspecified atom stereocenters. The van der Waals surface area contributed by atoms with Crippen molar-refractivity contribution in [2.45, 2.75) is 25.0 Å². The molecule has 0 amide bonds. The van der Waals surface area contributed by atoms with Gasteiger partial charge in [0.15, 0.2) is 5.78 Å². The molecule has 0 spiro atoms. The number of benzene rings is 2. The maximum absolute atomic E-state index is 13.4. The highest BCUT2D eigenvalue weighted by molar-refractivity contribution is 5.97. The summed E-state index contributed by atoms with van der Waals surface area (Å²) in [4.78, 5) is 29.4. The Morgan fingerprint density at radius 2 is 1.95 bits per heavy atom. The average molecular weight is 548 g/mol. The molecule has 1 aliphatic heterocycles. The van der Waals surface area contributed by atoms with E-state index in [1.54, 1.807) is 25.1 Å². The SMILES string of the molecule is Cl.Cl.Cn1c(CNc2ccc(C(=N)N)cc2)nc2cc(C(C)(NCC(=O)O)C(=O)C3C=CCN3)ccc21. The van der Waals surface area contributed by atoms with Gasteiger partial charge in [0, 0.05) is 24.8 Å². The van der Waals surface area contributed by atoms with Crippen molar-refractivity contribution in [3.63, 3.8) is 0 Å². The molecule has 2 aromatic carbocycles.